The summed E-state index contributed by atoms with van der Waals surface area (Å²) in [5.41, 5.74) is 0.150. The van der Waals surface area contributed by atoms with E-state index < -0.39 is 44.0 Å². The van der Waals surface area contributed by atoms with E-state index in [2.05, 4.69) is 5.32 Å². The van der Waals surface area contributed by atoms with Crippen molar-refractivity contribution in [3.05, 3.63) is 47.0 Å². The van der Waals surface area contributed by atoms with Crippen LogP contribution >= 0.6 is 0 Å². The molecule has 0 atom stereocenters. The van der Waals surface area contributed by atoms with E-state index in [1.165, 1.54) is 18.2 Å². The summed E-state index contributed by atoms with van der Waals surface area (Å²) in [6.07, 6.45) is 0. The van der Waals surface area contributed by atoms with Gasteiger partial charge in [-0.15, -0.1) is 0 Å². The molecule has 0 aromatic heterocycles. The smallest absolute Gasteiger partial charge is 0.335 e. The molecule has 132 valence electrons. The number of carboxylic acids is 1. The number of carbonyl (C=O) groups excluding carboxylic acids is 1. The fraction of sp³-hybridized carbons (Fsp3) is 0.0667. The first-order valence-electron chi connectivity index (χ1n) is 6.69. The molecular weight excluding hydrogens is 354 g/mol. The van der Waals surface area contributed by atoms with Crippen LogP contribution in [-0.2, 0) is 10.1 Å². The molecule has 9 nitrogen and oxygen atoms in total. The van der Waals surface area contributed by atoms with Crippen molar-refractivity contribution < 1.29 is 37.9 Å². The van der Waals surface area contributed by atoms with Gasteiger partial charge in [-0.1, -0.05) is 0 Å². The normalized spacial score (nSPS) is 11.1. The Kier molecular flexibility index (Phi) is 4.68. The largest absolute Gasteiger partial charge is 0.507 e. The fourth-order valence-electron chi connectivity index (χ4n) is 2.12. The van der Waals surface area contributed by atoms with E-state index >= 15 is 0 Å². The summed E-state index contributed by atoms with van der Waals surface area (Å²) in [6, 6.07) is 5.26. The first-order valence-corrected chi connectivity index (χ1v) is 8.13. The molecular formula is C15H13NO8S. The van der Waals surface area contributed by atoms with E-state index in [0.29, 0.717) is 17.7 Å². The highest BCUT2D eigenvalue weighted by Gasteiger charge is 2.22. The summed E-state index contributed by atoms with van der Waals surface area (Å²) in [7, 11) is -4.79. The number of aromatic carboxylic acids is 1. The van der Waals surface area contributed by atoms with Gasteiger partial charge < -0.3 is 20.6 Å². The number of hydrogen-bond donors (Lipinski definition) is 5. The monoisotopic (exact) mass is 367 g/mol. The van der Waals surface area contributed by atoms with Crippen LogP contribution in [0.15, 0.2) is 35.2 Å². The molecule has 0 aliphatic carbocycles. The van der Waals surface area contributed by atoms with Gasteiger partial charge in [0, 0.05) is 11.8 Å². The van der Waals surface area contributed by atoms with Gasteiger partial charge in [-0.2, -0.15) is 8.42 Å². The van der Waals surface area contributed by atoms with Crippen molar-refractivity contribution in [2.75, 3.05) is 5.32 Å². The number of phenolic OH excluding ortho intramolecular Hbond substituents is 2. The molecule has 1 amide bonds. The molecule has 0 fully saturated rings. The highest BCUT2D eigenvalue weighted by molar-refractivity contribution is 7.86. The van der Waals surface area contributed by atoms with E-state index in [9.17, 15) is 28.2 Å². The van der Waals surface area contributed by atoms with Gasteiger partial charge in [0.1, 0.15) is 16.4 Å². The van der Waals surface area contributed by atoms with Crippen molar-refractivity contribution >= 4 is 27.7 Å². The second kappa shape index (κ2) is 6.42. The number of phenols is 2. The minimum absolute atomic E-state index is 0.0657. The molecule has 0 unspecified atom stereocenters. The number of hydrogen-bond acceptors (Lipinski definition) is 6. The Labute approximate surface area is 141 Å². The van der Waals surface area contributed by atoms with E-state index in [-0.39, 0.29) is 11.3 Å². The zero-order chi connectivity index (χ0) is 18.9. The molecule has 0 aliphatic heterocycles. The Hall–Kier alpha value is -3.11. The van der Waals surface area contributed by atoms with Gasteiger partial charge in [0.15, 0.2) is 0 Å². The number of nitrogens with one attached hydrogen (secondary N) is 1. The molecule has 2 rings (SSSR count). The van der Waals surface area contributed by atoms with Crippen LogP contribution in [0.2, 0.25) is 0 Å². The van der Waals surface area contributed by atoms with Crippen molar-refractivity contribution in [1.82, 2.24) is 0 Å². The predicted molar refractivity (Wildman–Crippen MR) is 85.7 cm³/mol. The lowest BCUT2D eigenvalue weighted by atomic mass is 10.1. The van der Waals surface area contributed by atoms with Crippen LogP contribution in [0, 0.1) is 6.92 Å². The summed E-state index contributed by atoms with van der Waals surface area (Å²) in [6.45, 7) is 1.62. The average molecular weight is 367 g/mol. The number of aryl methyl sites for hydroxylation is 1. The molecule has 10 heteroatoms. The van der Waals surface area contributed by atoms with Crippen molar-refractivity contribution in [3.8, 4) is 11.5 Å². The summed E-state index contributed by atoms with van der Waals surface area (Å²) in [5.74, 6) is -3.84. The molecule has 0 aliphatic rings. The molecule has 25 heavy (non-hydrogen) atoms. The first-order chi connectivity index (χ1) is 11.5. The number of anilines is 1. The summed E-state index contributed by atoms with van der Waals surface area (Å²) in [4.78, 5) is 22.3. The van der Waals surface area contributed by atoms with Gasteiger partial charge in [0.05, 0.1) is 11.1 Å². The van der Waals surface area contributed by atoms with E-state index in [0.717, 1.165) is 0 Å². The van der Waals surface area contributed by atoms with Crippen molar-refractivity contribution in [1.29, 1.82) is 0 Å². The van der Waals surface area contributed by atoms with Gasteiger partial charge in [-0.25, -0.2) is 4.79 Å². The van der Waals surface area contributed by atoms with Crippen molar-refractivity contribution in [2.24, 2.45) is 0 Å². The van der Waals surface area contributed by atoms with Crippen LogP contribution in [0.25, 0.3) is 0 Å². The molecule has 0 heterocycles. The Morgan fingerprint density at radius 3 is 2.20 bits per heavy atom. The fourth-order valence-corrected chi connectivity index (χ4v) is 2.71. The summed E-state index contributed by atoms with van der Waals surface area (Å²) >= 11 is 0. The third-order valence-electron chi connectivity index (χ3n) is 3.18. The second-order valence-electron chi connectivity index (χ2n) is 5.16. The Balaban J connectivity index is 2.40. The SMILES string of the molecule is Cc1cc(NC(=O)c2cc(O)c(S(=O)(=O)O)cc2O)cc(C(=O)O)c1. The predicted octanol–water partition coefficient (Wildman–Crippen LogP) is 1.60. The van der Waals surface area contributed by atoms with Crippen LogP contribution in [0.5, 0.6) is 11.5 Å². The van der Waals surface area contributed by atoms with E-state index in [1.54, 1.807) is 6.92 Å². The number of benzene rings is 2. The Morgan fingerprint density at radius 1 is 1.00 bits per heavy atom. The van der Waals surface area contributed by atoms with Gasteiger partial charge >= 0.3 is 5.97 Å². The quantitative estimate of drug-likeness (QED) is 0.402. The molecule has 0 radical (unpaired) electrons. The van der Waals surface area contributed by atoms with Crippen molar-refractivity contribution in [2.45, 2.75) is 11.8 Å². The number of carbonyl (C=O) groups is 2. The van der Waals surface area contributed by atoms with Crippen LogP contribution in [0.4, 0.5) is 5.69 Å². The standard InChI is InChI=1S/C15H13NO8S/c1-7-2-8(15(20)21)4-9(3-7)16-14(19)10-5-12(18)13(6-11(10)17)25(22,23)24/h2-6,17-18H,1H3,(H,16,19)(H,20,21)(H,22,23,24). The van der Waals surface area contributed by atoms with Gasteiger partial charge in [-0.3, -0.25) is 9.35 Å². The molecule has 0 spiro atoms. The molecule has 5 N–H and O–H groups in total. The van der Waals surface area contributed by atoms with Crippen LogP contribution in [-0.4, -0.2) is 40.2 Å². The van der Waals surface area contributed by atoms with Gasteiger partial charge in [0.25, 0.3) is 16.0 Å². The zero-order valence-electron chi connectivity index (χ0n) is 12.7. The number of rotatable bonds is 4. The average Bonchev–Trinajstić information content (AvgIpc) is 2.47. The minimum atomic E-state index is -4.79. The summed E-state index contributed by atoms with van der Waals surface area (Å²) in [5, 5.41) is 30.7. The van der Waals surface area contributed by atoms with Crippen LogP contribution < -0.4 is 5.32 Å². The van der Waals surface area contributed by atoms with E-state index in [4.69, 9.17) is 9.66 Å². The molecule has 0 saturated heterocycles. The minimum Gasteiger partial charge on any atom is -0.507 e. The Bertz CT molecular complexity index is 981. The Morgan fingerprint density at radius 2 is 1.64 bits per heavy atom. The first kappa shape index (κ1) is 18.2. The van der Waals surface area contributed by atoms with Gasteiger partial charge in [0.2, 0.25) is 0 Å². The summed E-state index contributed by atoms with van der Waals surface area (Å²) < 4.78 is 31.0. The van der Waals surface area contributed by atoms with Crippen molar-refractivity contribution in [3.63, 3.8) is 0 Å². The van der Waals surface area contributed by atoms with E-state index in [1.807, 2.05) is 0 Å². The third kappa shape index (κ3) is 4.05. The lowest BCUT2D eigenvalue weighted by Gasteiger charge is -2.10. The maximum absolute atomic E-state index is 12.2. The number of aromatic hydroxyl groups is 2. The number of carboxylic acid groups (broad SMARTS) is 1. The third-order valence-corrected chi connectivity index (χ3v) is 4.06. The van der Waals surface area contributed by atoms with Crippen LogP contribution in [0.3, 0.4) is 0 Å². The molecule has 0 saturated carbocycles. The lowest BCUT2D eigenvalue weighted by Crippen LogP contribution is -2.13. The maximum Gasteiger partial charge on any atom is 0.335 e. The highest BCUT2D eigenvalue weighted by Crippen LogP contribution is 2.31. The molecule has 0 bridgehead atoms. The lowest BCUT2D eigenvalue weighted by molar-refractivity contribution is 0.0696. The zero-order valence-corrected chi connectivity index (χ0v) is 13.5. The molecule has 2 aromatic carbocycles. The topological polar surface area (TPSA) is 161 Å². The van der Waals surface area contributed by atoms with Crippen LogP contribution in [0.1, 0.15) is 26.3 Å². The molecule has 2 aromatic rings. The second-order valence-corrected chi connectivity index (χ2v) is 6.55. The number of amides is 1. The maximum atomic E-state index is 12.2. The highest BCUT2D eigenvalue weighted by atomic mass is 32.2. The van der Waals surface area contributed by atoms with Gasteiger partial charge in [-0.05, 0) is 36.8 Å².